The Kier molecular flexibility index (Phi) is 10.9. The predicted octanol–water partition coefficient (Wildman–Crippen LogP) is 5.96. The number of carbonyl (C=O) groups is 2. The fourth-order valence-electron chi connectivity index (χ4n) is 4.14. The van der Waals surface area contributed by atoms with Gasteiger partial charge < -0.3 is 10.2 Å². The van der Waals surface area contributed by atoms with E-state index >= 15 is 0 Å². The quantitative estimate of drug-likeness (QED) is 0.268. The molecule has 0 aliphatic rings. The zero-order chi connectivity index (χ0) is 29.4. The second-order valence-electron chi connectivity index (χ2n) is 10.5. The molecule has 0 aromatic heterocycles. The average molecular weight is 629 g/mol. The highest BCUT2D eigenvalue weighted by atomic mass is 79.9. The molecule has 0 saturated carbocycles. The van der Waals surface area contributed by atoms with Crippen molar-refractivity contribution in [3.63, 3.8) is 0 Å². The number of nitrogens with zero attached hydrogens (tertiary/aromatic N) is 2. The highest BCUT2D eigenvalue weighted by molar-refractivity contribution is 9.10. The maximum atomic E-state index is 14.0. The molecule has 0 bridgehead atoms. The summed E-state index contributed by atoms with van der Waals surface area (Å²) in [5.41, 5.74) is 2.24. The number of rotatable bonds is 12. The van der Waals surface area contributed by atoms with Crippen LogP contribution in [0.15, 0.2) is 88.2 Å². The lowest BCUT2D eigenvalue weighted by molar-refractivity contribution is -0.139. The van der Waals surface area contributed by atoms with E-state index in [4.69, 9.17) is 0 Å². The summed E-state index contributed by atoms with van der Waals surface area (Å²) < 4.78 is 29.7. The van der Waals surface area contributed by atoms with Gasteiger partial charge in [0.15, 0.2) is 0 Å². The topological polar surface area (TPSA) is 86.8 Å². The van der Waals surface area contributed by atoms with E-state index in [1.165, 1.54) is 17.0 Å². The lowest BCUT2D eigenvalue weighted by atomic mass is 10.0. The number of benzene rings is 3. The lowest BCUT2D eigenvalue weighted by Crippen LogP contribution is -2.51. The molecule has 214 valence electrons. The maximum Gasteiger partial charge on any atom is 0.264 e. The Labute approximate surface area is 246 Å². The first-order valence-electron chi connectivity index (χ1n) is 13.4. The van der Waals surface area contributed by atoms with Crippen LogP contribution >= 0.6 is 15.9 Å². The molecule has 0 unspecified atom stereocenters. The van der Waals surface area contributed by atoms with Gasteiger partial charge in [0.2, 0.25) is 11.8 Å². The molecule has 0 radical (unpaired) electrons. The average Bonchev–Trinajstić information content (AvgIpc) is 2.93. The second-order valence-corrected chi connectivity index (χ2v) is 13.3. The molecule has 0 heterocycles. The van der Waals surface area contributed by atoms with Crippen molar-refractivity contribution in [2.75, 3.05) is 17.4 Å². The van der Waals surface area contributed by atoms with Gasteiger partial charge in [-0.25, -0.2) is 8.42 Å². The van der Waals surface area contributed by atoms with Crippen molar-refractivity contribution in [2.45, 2.75) is 58.0 Å². The fourth-order valence-corrected chi connectivity index (χ4v) is 6.02. The van der Waals surface area contributed by atoms with E-state index in [0.29, 0.717) is 12.2 Å². The van der Waals surface area contributed by atoms with E-state index in [2.05, 4.69) is 35.1 Å². The minimum atomic E-state index is -4.09. The Hall–Kier alpha value is -3.17. The van der Waals surface area contributed by atoms with Crippen LogP contribution < -0.4 is 9.62 Å². The third kappa shape index (κ3) is 8.17. The van der Waals surface area contributed by atoms with Crippen molar-refractivity contribution < 1.29 is 18.0 Å². The van der Waals surface area contributed by atoms with Gasteiger partial charge in [0.25, 0.3) is 10.0 Å². The summed E-state index contributed by atoms with van der Waals surface area (Å²) >= 11 is 3.46. The molecule has 3 rings (SSSR count). The predicted molar refractivity (Wildman–Crippen MR) is 164 cm³/mol. The SMILES string of the molecule is CC(C)CNC(=O)[C@H](C)N(Cc1cccc(Br)c1)C(=O)CN(c1ccc(C(C)C)cc1)S(=O)(=O)c1ccccc1. The minimum absolute atomic E-state index is 0.0806. The summed E-state index contributed by atoms with van der Waals surface area (Å²) in [6.45, 7) is 9.91. The van der Waals surface area contributed by atoms with Gasteiger partial charge in [0.05, 0.1) is 10.6 Å². The first-order valence-corrected chi connectivity index (χ1v) is 15.6. The number of halogens is 1. The van der Waals surface area contributed by atoms with Crippen molar-refractivity contribution in [1.29, 1.82) is 0 Å². The van der Waals surface area contributed by atoms with Gasteiger partial charge in [0, 0.05) is 17.6 Å². The van der Waals surface area contributed by atoms with Gasteiger partial charge >= 0.3 is 0 Å². The monoisotopic (exact) mass is 627 g/mol. The summed E-state index contributed by atoms with van der Waals surface area (Å²) in [6, 6.07) is 21.9. The third-order valence-electron chi connectivity index (χ3n) is 6.55. The molecule has 40 heavy (non-hydrogen) atoms. The molecule has 1 N–H and O–H groups in total. The molecule has 0 aliphatic carbocycles. The second kappa shape index (κ2) is 13.9. The largest absolute Gasteiger partial charge is 0.354 e. The molecule has 7 nitrogen and oxygen atoms in total. The fraction of sp³-hybridized carbons (Fsp3) is 0.355. The van der Waals surface area contributed by atoms with Crippen LogP contribution in [0.1, 0.15) is 51.7 Å². The van der Waals surface area contributed by atoms with Gasteiger partial charge in [-0.2, -0.15) is 0 Å². The number of anilines is 1. The van der Waals surface area contributed by atoms with E-state index in [0.717, 1.165) is 19.9 Å². The molecule has 1 atom stereocenters. The number of carbonyl (C=O) groups excluding carboxylic acids is 2. The zero-order valence-corrected chi connectivity index (χ0v) is 26.1. The van der Waals surface area contributed by atoms with Crippen LogP contribution in [-0.4, -0.2) is 44.3 Å². The molecular weight excluding hydrogens is 590 g/mol. The van der Waals surface area contributed by atoms with Gasteiger partial charge in [-0.3, -0.25) is 13.9 Å². The lowest BCUT2D eigenvalue weighted by Gasteiger charge is -2.32. The Morgan fingerprint density at radius 3 is 2.10 bits per heavy atom. The summed E-state index contributed by atoms with van der Waals surface area (Å²) in [4.78, 5) is 28.6. The smallest absolute Gasteiger partial charge is 0.264 e. The first-order chi connectivity index (χ1) is 18.9. The first kappa shape index (κ1) is 31.4. The van der Waals surface area contributed by atoms with E-state index in [1.54, 1.807) is 37.3 Å². The van der Waals surface area contributed by atoms with Crippen molar-refractivity contribution in [2.24, 2.45) is 5.92 Å². The summed E-state index contributed by atoms with van der Waals surface area (Å²) in [7, 11) is -4.09. The maximum absolute atomic E-state index is 14.0. The van der Waals surface area contributed by atoms with E-state index in [-0.39, 0.29) is 29.2 Å². The normalized spacial score (nSPS) is 12.3. The van der Waals surface area contributed by atoms with Crippen LogP contribution in [0.3, 0.4) is 0 Å². The van der Waals surface area contributed by atoms with Gasteiger partial charge in [-0.05, 0) is 66.3 Å². The van der Waals surface area contributed by atoms with Crippen LogP contribution in [0.4, 0.5) is 5.69 Å². The van der Waals surface area contributed by atoms with Crippen LogP contribution in [0, 0.1) is 5.92 Å². The zero-order valence-electron chi connectivity index (χ0n) is 23.7. The molecular formula is C31H38BrN3O4S. The third-order valence-corrected chi connectivity index (χ3v) is 8.83. The summed E-state index contributed by atoms with van der Waals surface area (Å²) in [5, 5.41) is 2.90. The van der Waals surface area contributed by atoms with Crippen molar-refractivity contribution in [3.05, 3.63) is 94.5 Å². The molecule has 0 spiro atoms. The van der Waals surface area contributed by atoms with E-state index in [9.17, 15) is 18.0 Å². The number of hydrogen-bond acceptors (Lipinski definition) is 4. The molecule has 3 aromatic rings. The van der Waals surface area contributed by atoms with Gasteiger partial charge in [0.1, 0.15) is 12.6 Å². The number of amides is 2. The van der Waals surface area contributed by atoms with Crippen LogP contribution in [0.5, 0.6) is 0 Å². The standard InChI is InChI=1S/C31H38BrN3O4S/c1-22(2)19-33-31(37)24(5)34(20-25-10-9-11-27(32)18-25)30(36)21-35(28-16-14-26(15-17-28)23(3)4)40(38,39)29-12-7-6-8-13-29/h6-18,22-24H,19-21H2,1-5H3,(H,33,37)/t24-/m0/s1. The van der Waals surface area contributed by atoms with Crippen molar-refractivity contribution in [3.8, 4) is 0 Å². The Balaban J connectivity index is 2.01. The van der Waals surface area contributed by atoms with Crippen molar-refractivity contribution >= 4 is 43.5 Å². The number of hydrogen-bond donors (Lipinski definition) is 1. The minimum Gasteiger partial charge on any atom is -0.354 e. The number of nitrogens with one attached hydrogen (secondary N) is 1. The summed E-state index contributed by atoms with van der Waals surface area (Å²) in [5.74, 6) is -0.276. The van der Waals surface area contributed by atoms with Crippen molar-refractivity contribution in [1.82, 2.24) is 10.2 Å². The summed E-state index contributed by atoms with van der Waals surface area (Å²) in [6.07, 6.45) is 0. The Morgan fingerprint density at radius 1 is 0.875 bits per heavy atom. The van der Waals surface area contributed by atoms with Crippen LogP contribution in [-0.2, 0) is 26.2 Å². The van der Waals surface area contributed by atoms with Crippen LogP contribution in [0.25, 0.3) is 0 Å². The van der Waals surface area contributed by atoms with Gasteiger partial charge in [-0.15, -0.1) is 0 Å². The molecule has 0 fully saturated rings. The Bertz CT molecular complexity index is 1390. The highest BCUT2D eigenvalue weighted by Crippen LogP contribution is 2.27. The molecule has 2 amide bonds. The number of sulfonamides is 1. The van der Waals surface area contributed by atoms with Gasteiger partial charge in [-0.1, -0.05) is 86.1 Å². The van der Waals surface area contributed by atoms with Crippen LogP contribution in [0.2, 0.25) is 0 Å². The Morgan fingerprint density at radius 2 is 1.52 bits per heavy atom. The molecule has 9 heteroatoms. The molecule has 0 saturated heterocycles. The molecule has 0 aliphatic heterocycles. The molecule has 3 aromatic carbocycles. The van der Waals surface area contributed by atoms with E-state index in [1.807, 2.05) is 50.2 Å². The highest BCUT2D eigenvalue weighted by Gasteiger charge is 2.32. The van der Waals surface area contributed by atoms with E-state index < -0.39 is 28.5 Å².